The molecule has 2 amide bonds. The number of hydrogen-bond donors (Lipinski definition) is 3. The maximum atomic E-state index is 11.2. The van der Waals surface area contributed by atoms with Crippen LogP contribution in [0, 0.1) is 0 Å². The monoisotopic (exact) mass is 288 g/mol. The van der Waals surface area contributed by atoms with Crippen molar-refractivity contribution in [2.45, 2.75) is 71.1 Å². The normalized spacial score (nSPS) is 10.4. The molecule has 0 bridgehead atoms. The van der Waals surface area contributed by atoms with Gasteiger partial charge in [0.15, 0.2) is 0 Å². The van der Waals surface area contributed by atoms with Gasteiger partial charge >= 0.3 is 6.03 Å². The number of amides is 2. The summed E-state index contributed by atoms with van der Waals surface area (Å²) < 4.78 is 0. The van der Waals surface area contributed by atoms with Gasteiger partial charge in [-0.1, -0.05) is 64.7 Å². The topological polar surface area (TPSA) is 41.1 Å². The van der Waals surface area contributed by atoms with Crippen LogP contribution in [0.1, 0.15) is 71.1 Å². The minimum atomic E-state index is -0.0648. The molecular weight excluding hydrogens is 256 g/mol. The number of hydrogen-bond acceptors (Lipinski definition) is 2. The highest BCUT2D eigenvalue weighted by Gasteiger charge is 1.97. The average Bonchev–Trinajstić information content (AvgIpc) is 2.42. The third-order valence-electron chi connectivity index (χ3n) is 3.21. The summed E-state index contributed by atoms with van der Waals surface area (Å²) in [6, 6.07) is -0.0648. The van der Waals surface area contributed by atoms with E-state index in [1.807, 2.05) is 0 Å². The van der Waals surface area contributed by atoms with Gasteiger partial charge in [-0.25, -0.2) is 4.79 Å². The number of nitrogens with one attached hydrogen (secondary N) is 2. The van der Waals surface area contributed by atoms with Crippen molar-refractivity contribution in [3.8, 4) is 0 Å². The molecule has 2 N–H and O–H groups in total. The zero-order valence-corrected chi connectivity index (χ0v) is 13.4. The van der Waals surface area contributed by atoms with Crippen molar-refractivity contribution in [3.05, 3.63) is 0 Å². The molecule has 0 aliphatic carbocycles. The Morgan fingerprint density at radius 1 is 0.789 bits per heavy atom. The van der Waals surface area contributed by atoms with E-state index in [0.29, 0.717) is 12.3 Å². The van der Waals surface area contributed by atoms with E-state index in [2.05, 4.69) is 30.2 Å². The van der Waals surface area contributed by atoms with Gasteiger partial charge in [0.05, 0.1) is 0 Å². The smallest absolute Gasteiger partial charge is 0.314 e. The highest BCUT2D eigenvalue weighted by molar-refractivity contribution is 7.80. The van der Waals surface area contributed by atoms with Gasteiger partial charge in [0.2, 0.25) is 0 Å². The van der Waals surface area contributed by atoms with Crippen molar-refractivity contribution >= 4 is 18.7 Å². The molecular formula is C15H32N2OS. The Morgan fingerprint density at radius 2 is 1.26 bits per heavy atom. The van der Waals surface area contributed by atoms with Crippen LogP contribution in [0.15, 0.2) is 0 Å². The molecule has 0 aromatic rings. The molecule has 0 aromatic carbocycles. The van der Waals surface area contributed by atoms with E-state index in [1.54, 1.807) is 0 Å². The third kappa shape index (κ3) is 15.6. The fourth-order valence-corrected chi connectivity index (χ4v) is 2.16. The van der Waals surface area contributed by atoms with E-state index < -0.39 is 0 Å². The summed E-state index contributed by atoms with van der Waals surface area (Å²) in [4.78, 5) is 11.2. The number of carbonyl (C=O) groups is 1. The minimum absolute atomic E-state index is 0.0648. The van der Waals surface area contributed by atoms with E-state index >= 15 is 0 Å². The Labute approximate surface area is 124 Å². The summed E-state index contributed by atoms with van der Waals surface area (Å²) in [5, 5.41) is 5.60. The van der Waals surface area contributed by atoms with Gasteiger partial charge in [-0.05, 0) is 6.42 Å². The lowest BCUT2D eigenvalue weighted by Gasteiger charge is -2.06. The molecule has 0 spiro atoms. The molecule has 0 aliphatic rings. The van der Waals surface area contributed by atoms with Crippen molar-refractivity contribution in [1.29, 1.82) is 0 Å². The predicted octanol–water partition coefficient (Wildman–Crippen LogP) is 4.14. The average molecular weight is 289 g/mol. The number of carbonyl (C=O) groups excluding carboxylic acids is 1. The molecule has 114 valence electrons. The SMILES string of the molecule is CCCCCCCCCCCCNC(=O)NCCS. The van der Waals surface area contributed by atoms with Crippen LogP contribution in [-0.4, -0.2) is 24.9 Å². The molecule has 0 fully saturated rings. The second-order valence-corrected chi connectivity index (χ2v) is 5.54. The Hall–Kier alpha value is -0.380. The quantitative estimate of drug-likeness (QED) is 0.346. The van der Waals surface area contributed by atoms with Crippen molar-refractivity contribution < 1.29 is 4.79 Å². The van der Waals surface area contributed by atoms with Crippen LogP contribution >= 0.6 is 12.6 Å². The van der Waals surface area contributed by atoms with Crippen LogP contribution in [0.2, 0.25) is 0 Å². The van der Waals surface area contributed by atoms with E-state index in [1.165, 1.54) is 57.8 Å². The first kappa shape index (κ1) is 18.6. The second kappa shape index (κ2) is 15.7. The molecule has 0 aromatic heterocycles. The van der Waals surface area contributed by atoms with E-state index in [9.17, 15) is 4.79 Å². The lowest BCUT2D eigenvalue weighted by molar-refractivity contribution is 0.241. The first-order valence-corrected chi connectivity index (χ1v) is 8.57. The van der Waals surface area contributed by atoms with Crippen molar-refractivity contribution in [1.82, 2.24) is 10.6 Å². The van der Waals surface area contributed by atoms with E-state index in [0.717, 1.165) is 13.0 Å². The summed E-state index contributed by atoms with van der Waals surface area (Å²) in [5.41, 5.74) is 0. The van der Waals surface area contributed by atoms with E-state index in [-0.39, 0.29) is 6.03 Å². The lowest BCUT2D eigenvalue weighted by atomic mass is 10.1. The van der Waals surface area contributed by atoms with Crippen LogP contribution in [0.5, 0.6) is 0 Å². The standard InChI is InChI=1S/C15H32N2OS/c1-2-3-4-5-6-7-8-9-10-11-12-16-15(18)17-13-14-19/h19H,2-14H2,1H3,(H2,16,17,18). The minimum Gasteiger partial charge on any atom is -0.338 e. The van der Waals surface area contributed by atoms with Gasteiger partial charge in [-0.3, -0.25) is 0 Å². The highest BCUT2D eigenvalue weighted by Crippen LogP contribution is 2.10. The summed E-state index contributed by atoms with van der Waals surface area (Å²) in [6.07, 6.45) is 13.2. The van der Waals surface area contributed by atoms with Crippen LogP contribution < -0.4 is 10.6 Å². The largest absolute Gasteiger partial charge is 0.338 e. The Kier molecular flexibility index (Phi) is 15.4. The van der Waals surface area contributed by atoms with Gasteiger partial charge in [0, 0.05) is 18.8 Å². The van der Waals surface area contributed by atoms with Gasteiger partial charge in [-0.2, -0.15) is 12.6 Å². The summed E-state index contributed by atoms with van der Waals surface area (Å²) in [7, 11) is 0. The van der Waals surface area contributed by atoms with Crippen LogP contribution in [0.4, 0.5) is 4.79 Å². The number of unbranched alkanes of at least 4 members (excludes halogenated alkanes) is 9. The predicted molar refractivity (Wildman–Crippen MR) is 87.1 cm³/mol. The first-order chi connectivity index (χ1) is 9.31. The summed E-state index contributed by atoms with van der Waals surface area (Å²) >= 11 is 4.04. The second-order valence-electron chi connectivity index (χ2n) is 5.09. The van der Waals surface area contributed by atoms with Crippen LogP contribution in [-0.2, 0) is 0 Å². The third-order valence-corrected chi connectivity index (χ3v) is 3.44. The maximum absolute atomic E-state index is 11.2. The molecule has 0 rings (SSSR count). The summed E-state index contributed by atoms with van der Waals surface area (Å²) in [5.74, 6) is 0.686. The Morgan fingerprint density at radius 3 is 1.79 bits per heavy atom. The molecule has 4 heteroatoms. The van der Waals surface area contributed by atoms with Crippen molar-refractivity contribution in [2.75, 3.05) is 18.8 Å². The van der Waals surface area contributed by atoms with Gasteiger partial charge in [0.1, 0.15) is 0 Å². The number of thiol groups is 1. The molecule has 0 saturated carbocycles. The molecule has 0 aliphatic heterocycles. The highest BCUT2D eigenvalue weighted by atomic mass is 32.1. The van der Waals surface area contributed by atoms with Gasteiger partial charge in [0.25, 0.3) is 0 Å². The Bertz CT molecular complexity index is 201. The fraction of sp³-hybridized carbons (Fsp3) is 0.933. The zero-order valence-electron chi connectivity index (χ0n) is 12.5. The fourth-order valence-electron chi connectivity index (χ4n) is 2.05. The van der Waals surface area contributed by atoms with Crippen molar-refractivity contribution in [3.63, 3.8) is 0 Å². The maximum Gasteiger partial charge on any atom is 0.314 e. The molecule has 3 nitrogen and oxygen atoms in total. The van der Waals surface area contributed by atoms with E-state index in [4.69, 9.17) is 0 Å². The summed E-state index contributed by atoms with van der Waals surface area (Å²) in [6.45, 7) is 3.68. The number of rotatable bonds is 13. The van der Waals surface area contributed by atoms with Crippen molar-refractivity contribution in [2.24, 2.45) is 0 Å². The molecule has 0 unspecified atom stereocenters. The molecule has 0 saturated heterocycles. The molecule has 19 heavy (non-hydrogen) atoms. The zero-order chi connectivity index (χ0) is 14.2. The van der Waals surface area contributed by atoms with Gasteiger partial charge in [-0.15, -0.1) is 0 Å². The lowest BCUT2D eigenvalue weighted by Crippen LogP contribution is -2.36. The Balaban J connectivity index is 3.04. The van der Waals surface area contributed by atoms with Crippen LogP contribution in [0.3, 0.4) is 0 Å². The molecule has 0 heterocycles. The van der Waals surface area contributed by atoms with Gasteiger partial charge < -0.3 is 10.6 Å². The van der Waals surface area contributed by atoms with Crippen LogP contribution in [0.25, 0.3) is 0 Å². The first-order valence-electron chi connectivity index (χ1n) is 7.93. The molecule has 0 radical (unpaired) electrons. The molecule has 0 atom stereocenters. The number of urea groups is 1.